The van der Waals surface area contributed by atoms with Crippen LogP contribution < -0.4 is 5.32 Å². The van der Waals surface area contributed by atoms with Gasteiger partial charge in [0.05, 0.1) is 6.54 Å². The van der Waals surface area contributed by atoms with Crippen LogP contribution in [0.2, 0.25) is 0 Å². The Hall–Kier alpha value is -0.870. The molecule has 1 fully saturated rings. The van der Waals surface area contributed by atoms with E-state index in [0.717, 1.165) is 37.9 Å². The van der Waals surface area contributed by atoms with Crippen molar-refractivity contribution in [3.05, 3.63) is 18.2 Å². The number of hydrogen-bond acceptors (Lipinski definition) is 3. The number of aryl methyl sites for hydroxylation is 1. The van der Waals surface area contributed by atoms with Gasteiger partial charge in [-0.05, 0) is 12.5 Å². The van der Waals surface area contributed by atoms with Gasteiger partial charge in [-0.2, -0.15) is 0 Å². The lowest BCUT2D eigenvalue weighted by Crippen LogP contribution is -2.30. The Kier molecular flexibility index (Phi) is 3.38. The first kappa shape index (κ1) is 10.6. The molecule has 84 valence electrons. The second-order valence-electron chi connectivity index (χ2n) is 4.50. The second kappa shape index (κ2) is 4.77. The molecule has 4 heteroatoms. The molecule has 0 bridgehead atoms. The first-order valence-corrected chi connectivity index (χ1v) is 5.65. The third-order valence-corrected chi connectivity index (χ3v) is 2.95. The molecular weight excluding hydrogens is 188 g/mol. The highest BCUT2D eigenvalue weighted by Crippen LogP contribution is 2.07. The molecule has 0 saturated carbocycles. The molecule has 2 rings (SSSR count). The quantitative estimate of drug-likeness (QED) is 0.766. The molecule has 0 aromatic carbocycles. The SMILES string of the molecule is CC1CNCCN(Cc2nccn2C)C1. The molecular formula is C11H20N4. The summed E-state index contributed by atoms with van der Waals surface area (Å²) in [6.45, 7) is 7.78. The monoisotopic (exact) mass is 208 g/mol. The van der Waals surface area contributed by atoms with Crippen molar-refractivity contribution in [2.75, 3.05) is 26.2 Å². The molecule has 0 radical (unpaired) electrons. The van der Waals surface area contributed by atoms with E-state index in [1.54, 1.807) is 0 Å². The summed E-state index contributed by atoms with van der Waals surface area (Å²) in [4.78, 5) is 6.85. The van der Waals surface area contributed by atoms with Crippen LogP contribution >= 0.6 is 0 Å². The smallest absolute Gasteiger partial charge is 0.122 e. The van der Waals surface area contributed by atoms with Gasteiger partial charge in [-0.3, -0.25) is 4.90 Å². The lowest BCUT2D eigenvalue weighted by molar-refractivity contribution is 0.248. The van der Waals surface area contributed by atoms with Crippen LogP contribution in [0.5, 0.6) is 0 Å². The van der Waals surface area contributed by atoms with E-state index in [1.807, 2.05) is 12.4 Å². The average molecular weight is 208 g/mol. The van der Waals surface area contributed by atoms with Gasteiger partial charge < -0.3 is 9.88 Å². The molecule has 0 aliphatic carbocycles. The van der Waals surface area contributed by atoms with Gasteiger partial charge in [0.25, 0.3) is 0 Å². The fourth-order valence-corrected chi connectivity index (χ4v) is 2.07. The summed E-state index contributed by atoms with van der Waals surface area (Å²) in [7, 11) is 2.06. The van der Waals surface area contributed by atoms with Crippen molar-refractivity contribution in [3.63, 3.8) is 0 Å². The number of aromatic nitrogens is 2. The minimum Gasteiger partial charge on any atom is -0.337 e. The highest BCUT2D eigenvalue weighted by Gasteiger charge is 2.15. The molecule has 1 aromatic heterocycles. The Balaban J connectivity index is 1.96. The lowest BCUT2D eigenvalue weighted by atomic mass is 10.2. The predicted octanol–water partition coefficient (Wildman–Crippen LogP) is 0.461. The number of imidazole rings is 1. The minimum absolute atomic E-state index is 0.729. The molecule has 1 unspecified atom stereocenters. The van der Waals surface area contributed by atoms with Crippen LogP contribution in [0, 0.1) is 5.92 Å². The zero-order chi connectivity index (χ0) is 10.7. The van der Waals surface area contributed by atoms with Crippen LogP contribution in [0.15, 0.2) is 12.4 Å². The summed E-state index contributed by atoms with van der Waals surface area (Å²) in [5, 5.41) is 3.45. The van der Waals surface area contributed by atoms with Gasteiger partial charge in [-0.1, -0.05) is 6.92 Å². The summed E-state index contributed by atoms with van der Waals surface area (Å²) < 4.78 is 2.10. The molecule has 1 saturated heterocycles. The van der Waals surface area contributed by atoms with Crippen LogP contribution in [0.1, 0.15) is 12.7 Å². The van der Waals surface area contributed by atoms with Crippen molar-refractivity contribution in [1.29, 1.82) is 0 Å². The predicted molar refractivity (Wildman–Crippen MR) is 60.5 cm³/mol. The Labute approximate surface area is 91.3 Å². The molecule has 1 aliphatic rings. The van der Waals surface area contributed by atoms with Crippen LogP contribution in [0.25, 0.3) is 0 Å². The van der Waals surface area contributed by atoms with Crippen molar-refractivity contribution < 1.29 is 0 Å². The van der Waals surface area contributed by atoms with Crippen LogP contribution in [-0.2, 0) is 13.6 Å². The van der Waals surface area contributed by atoms with Gasteiger partial charge >= 0.3 is 0 Å². The summed E-state index contributed by atoms with van der Waals surface area (Å²) in [5.74, 6) is 1.89. The summed E-state index contributed by atoms with van der Waals surface area (Å²) >= 11 is 0. The van der Waals surface area contributed by atoms with Crippen molar-refractivity contribution in [1.82, 2.24) is 19.8 Å². The topological polar surface area (TPSA) is 33.1 Å². The normalized spacial score (nSPS) is 24.0. The van der Waals surface area contributed by atoms with Gasteiger partial charge in [0.1, 0.15) is 5.82 Å². The van der Waals surface area contributed by atoms with E-state index in [-0.39, 0.29) is 0 Å². The highest BCUT2D eigenvalue weighted by molar-refractivity contribution is 4.91. The maximum Gasteiger partial charge on any atom is 0.122 e. The maximum absolute atomic E-state index is 4.37. The molecule has 0 spiro atoms. The van der Waals surface area contributed by atoms with E-state index < -0.39 is 0 Å². The molecule has 4 nitrogen and oxygen atoms in total. The molecule has 2 heterocycles. The van der Waals surface area contributed by atoms with E-state index in [9.17, 15) is 0 Å². The number of rotatable bonds is 2. The fourth-order valence-electron chi connectivity index (χ4n) is 2.07. The summed E-state index contributed by atoms with van der Waals surface area (Å²) in [6.07, 6.45) is 3.88. The Bertz CT molecular complexity index is 307. The van der Waals surface area contributed by atoms with Gasteiger partial charge in [0.15, 0.2) is 0 Å². The number of nitrogens with one attached hydrogen (secondary N) is 1. The summed E-state index contributed by atoms with van der Waals surface area (Å²) in [6, 6.07) is 0. The zero-order valence-electron chi connectivity index (χ0n) is 9.61. The van der Waals surface area contributed by atoms with Crippen molar-refractivity contribution in [2.45, 2.75) is 13.5 Å². The number of hydrogen-bond donors (Lipinski definition) is 1. The van der Waals surface area contributed by atoms with E-state index in [4.69, 9.17) is 0 Å². The van der Waals surface area contributed by atoms with Crippen molar-refractivity contribution in [2.24, 2.45) is 13.0 Å². The first-order valence-electron chi connectivity index (χ1n) is 5.65. The van der Waals surface area contributed by atoms with Gasteiger partial charge in [0, 0.05) is 39.1 Å². The van der Waals surface area contributed by atoms with Gasteiger partial charge in [0.2, 0.25) is 0 Å². The van der Waals surface area contributed by atoms with Gasteiger partial charge in [-0.15, -0.1) is 0 Å². The first-order chi connectivity index (χ1) is 7.25. The van der Waals surface area contributed by atoms with E-state index >= 15 is 0 Å². The van der Waals surface area contributed by atoms with E-state index in [2.05, 4.69) is 33.7 Å². The molecule has 1 N–H and O–H groups in total. The van der Waals surface area contributed by atoms with Crippen LogP contribution in [0.4, 0.5) is 0 Å². The third-order valence-electron chi connectivity index (χ3n) is 2.95. The molecule has 15 heavy (non-hydrogen) atoms. The Morgan fingerprint density at radius 2 is 2.47 bits per heavy atom. The maximum atomic E-state index is 4.37. The van der Waals surface area contributed by atoms with Crippen LogP contribution in [-0.4, -0.2) is 40.6 Å². The Morgan fingerprint density at radius 3 is 3.20 bits per heavy atom. The van der Waals surface area contributed by atoms with E-state index in [0.29, 0.717) is 0 Å². The number of nitrogens with zero attached hydrogens (tertiary/aromatic N) is 3. The lowest BCUT2D eigenvalue weighted by Gasteiger charge is -2.21. The fraction of sp³-hybridized carbons (Fsp3) is 0.727. The minimum atomic E-state index is 0.729. The molecule has 0 amide bonds. The van der Waals surface area contributed by atoms with E-state index in [1.165, 1.54) is 6.54 Å². The largest absolute Gasteiger partial charge is 0.337 e. The van der Waals surface area contributed by atoms with Crippen molar-refractivity contribution in [3.8, 4) is 0 Å². The average Bonchev–Trinajstić information content (AvgIpc) is 2.48. The van der Waals surface area contributed by atoms with Gasteiger partial charge in [-0.25, -0.2) is 4.98 Å². The van der Waals surface area contributed by atoms with Crippen LogP contribution in [0.3, 0.4) is 0 Å². The summed E-state index contributed by atoms with van der Waals surface area (Å²) in [5.41, 5.74) is 0. The standard InChI is InChI=1S/C11H20N4/c1-10-7-12-3-6-15(8-10)9-11-13-4-5-14(11)2/h4-5,10,12H,3,6-9H2,1-2H3. The third kappa shape index (κ3) is 2.79. The molecule has 1 atom stereocenters. The highest BCUT2D eigenvalue weighted by atomic mass is 15.2. The van der Waals surface area contributed by atoms with Crippen molar-refractivity contribution >= 4 is 0 Å². The molecule has 1 aliphatic heterocycles. The molecule has 1 aromatic rings. The second-order valence-corrected chi connectivity index (χ2v) is 4.50. The zero-order valence-corrected chi connectivity index (χ0v) is 9.61. The Morgan fingerprint density at radius 1 is 1.60 bits per heavy atom.